The standard InChI is InChI=1S/C15H24N2O2S/c1-4-16-10-14-9-12(2)5-6-15(14)17-7-8-20(18,19)11-13(17)3/h5-6,9,13,16H,4,7-8,10-11H2,1-3H3. The zero-order valence-electron chi connectivity index (χ0n) is 12.5. The molecule has 0 saturated carbocycles. The monoisotopic (exact) mass is 296 g/mol. The van der Waals surface area contributed by atoms with Gasteiger partial charge in [-0.2, -0.15) is 0 Å². The molecule has 4 nitrogen and oxygen atoms in total. The summed E-state index contributed by atoms with van der Waals surface area (Å²) in [7, 11) is -2.87. The summed E-state index contributed by atoms with van der Waals surface area (Å²) in [5, 5.41) is 3.36. The number of anilines is 1. The third-order valence-corrected chi connectivity index (χ3v) is 5.58. The van der Waals surface area contributed by atoms with Crippen molar-refractivity contribution >= 4 is 15.5 Å². The number of aryl methyl sites for hydroxylation is 1. The van der Waals surface area contributed by atoms with Gasteiger partial charge in [-0.05, 0) is 32.0 Å². The molecule has 0 spiro atoms. The number of nitrogens with one attached hydrogen (secondary N) is 1. The molecule has 0 amide bonds. The number of rotatable bonds is 4. The minimum atomic E-state index is -2.87. The molecule has 0 bridgehead atoms. The zero-order valence-corrected chi connectivity index (χ0v) is 13.3. The second kappa shape index (κ2) is 6.14. The predicted molar refractivity (Wildman–Crippen MR) is 84.0 cm³/mol. The van der Waals surface area contributed by atoms with E-state index >= 15 is 0 Å². The van der Waals surface area contributed by atoms with Crippen molar-refractivity contribution in [2.75, 3.05) is 29.5 Å². The molecule has 1 aliphatic rings. The average molecular weight is 296 g/mol. The van der Waals surface area contributed by atoms with Gasteiger partial charge in [0.25, 0.3) is 0 Å². The van der Waals surface area contributed by atoms with Gasteiger partial charge in [-0.1, -0.05) is 24.6 Å². The number of nitrogens with zero attached hydrogens (tertiary/aromatic N) is 1. The molecule has 2 rings (SSSR count). The lowest BCUT2D eigenvalue weighted by Crippen LogP contribution is -2.47. The molecule has 1 heterocycles. The van der Waals surface area contributed by atoms with Gasteiger partial charge in [0.05, 0.1) is 11.5 Å². The van der Waals surface area contributed by atoms with Crippen LogP contribution in [0.25, 0.3) is 0 Å². The van der Waals surface area contributed by atoms with Gasteiger partial charge in [0.1, 0.15) is 0 Å². The molecule has 1 atom stereocenters. The van der Waals surface area contributed by atoms with Crippen molar-refractivity contribution in [3.05, 3.63) is 29.3 Å². The lowest BCUT2D eigenvalue weighted by molar-refractivity contribution is 0.567. The topological polar surface area (TPSA) is 49.4 Å². The molecule has 0 aliphatic carbocycles. The van der Waals surface area contributed by atoms with Crippen LogP contribution in [0.5, 0.6) is 0 Å². The van der Waals surface area contributed by atoms with Gasteiger partial charge in [0.2, 0.25) is 0 Å². The maximum Gasteiger partial charge on any atom is 0.154 e. The van der Waals surface area contributed by atoms with E-state index in [2.05, 4.69) is 42.3 Å². The molecule has 112 valence electrons. The van der Waals surface area contributed by atoms with Gasteiger partial charge in [0.15, 0.2) is 9.84 Å². The van der Waals surface area contributed by atoms with Crippen LogP contribution in [0.1, 0.15) is 25.0 Å². The highest BCUT2D eigenvalue weighted by Crippen LogP contribution is 2.26. The third-order valence-electron chi connectivity index (χ3n) is 3.78. The van der Waals surface area contributed by atoms with E-state index in [9.17, 15) is 8.42 Å². The average Bonchev–Trinajstić information content (AvgIpc) is 2.36. The van der Waals surface area contributed by atoms with Crippen LogP contribution in [-0.4, -0.2) is 39.1 Å². The van der Waals surface area contributed by atoms with E-state index < -0.39 is 9.84 Å². The first-order valence-corrected chi connectivity index (χ1v) is 9.02. The molecular weight excluding hydrogens is 272 g/mol. The highest BCUT2D eigenvalue weighted by Gasteiger charge is 2.29. The SMILES string of the molecule is CCNCc1cc(C)ccc1N1CCS(=O)(=O)CC1C. The zero-order chi connectivity index (χ0) is 14.8. The van der Waals surface area contributed by atoms with Gasteiger partial charge in [0, 0.05) is 24.8 Å². The van der Waals surface area contributed by atoms with Crippen LogP contribution < -0.4 is 10.2 Å². The van der Waals surface area contributed by atoms with Crippen molar-refractivity contribution in [3.63, 3.8) is 0 Å². The molecule has 0 aromatic heterocycles. The van der Waals surface area contributed by atoms with Crippen molar-refractivity contribution in [2.24, 2.45) is 0 Å². The normalized spacial score (nSPS) is 21.9. The van der Waals surface area contributed by atoms with Crippen molar-refractivity contribution < 1.29 is 8.42 Å². The lowest BCUT2D eigenvalue weighted by Gasteiger charge is -2.36. The fraction of sp³-hybridized carbons (Fsp3) is 0.600. The number of sulfone groups is 1. The highest BCUT2D eigenvalue weighted by atomic mass is 32.2. The van der Waals surface area contributed by atoms with E-state index in [4.69, 9.17) is 0 Å². The Labute approximate surface area is 122 Å². The van der Waals surface area contributed by atoms with Crippen LogP contribution in [0.3, 0.4) is 0 Å². The molecule has 1 N–H and O–H groups in total. The first-order chi connectivity index (χ1) is 9.43. The van der Waals surface area contributed by atoms with Gasteiger partial charge in [-0.15, -0.1) is 0 Å². The molecule has 20 heavy (non-hydrogen) atoms. The molecule has 0 radical (unpaired) electrons. The van der Waals surface area contributed by atoms with E-state index in [1.165, 1.54) is 16.8 Å². The summed E-state index contributed by atoms with van der Waals surface area (Å²) >= 11 is 0. The van der Waals surface area contributed by atoms with Crippen LogP contribution >= 0.6 is 0 Å². The van der Waals surface area contributed by atoms with Crippen LogP contribution in [-0.2, 0) is 16.4 Å². The van der Waals surface area contributed by atoms with E-state index in [1.54, 1.807) is 0 Å². The van der Waals surface area contributed by atoms with Crippen LogP contribution in [0.4, 0.5) is 5.69 Å². The second-order valence-corrected chi connectivity index (χ2v) is 7.80. The van der Waals surface area contributed by atoms with E-state index in [1.807, 2.05) is 6.92 Å². The van der Waals surface area contributed by atoms with Crippen molar-refractivity contribution in [1.29, 1.82) is 0 Å². The minimum absolute atomic E-state index is 0.0387. The maximum absolute atomic E-state index is 11.7. The number of hydrogen-bond donors (Lipinski definition) is 1. The Morgan fingerprint density at radius 1 is 1.40 bits per heavy atom. The first kappa shape index (κ1) is 15.3. The summed E-state index contributed by atoms with van der Waals surface area (Å²) in [5.41, 5.74) is 3.65. The largest absolute Gasteiger partial charge is 0.367 e. The molecule has 5 heteroatoms. The molecule has 1 aliphatic heterocycles. The fourth-order valence-corrected chi connectivity index (χ4v) is 4.31. The molecule has 1 unspecified atom stereocenters. The molecule has 1 aromatic rings. The summed E-state index contributed by atoms with van der Waals surface area (Å²) in [6.45, 7) is 8.51. The third kappa shape index (κ3) is 3.52. The second-order valence-electron chi connectivity index (χ2n) is 5.57. The fourth-order valence-electron chi connectivity index (χ4n) is 2.75. The van der Waals surface area contributed by atoms with Crippen molar-refractivity contribution in [3.8, 4) is 0 Å². The Hall–Kier alpha value is -1.07. The molecule has 1 fully saturated rings. The summed E-state index contributed by atoms with van der Waals surface area (Å²) in [6.07, 6.45) is 0. The molecular formula is C15H24N2O2S. The first-order valence-electron chi connectivity index (χ1n) is 7.20. The summed E-state index contributed by atoms with van der Waals surface area (Å²) < 4.78 is 23.4. The van der Waals surface area contributed by atoms with E-state index in [0.29, 0.717) is 6.54 Å². The predicted octanol–water partition coefficient (Wildman–Crippen LogP) is 1.73. The summed E-state index contributed by atoms with van der Waals surface area (Å²) in [5.74, 6) is 0.507. The quantitative estimate of drug-likeness (QED) is 0.919. The molecule has 1 aromatic carbocycles. The van der Waals surface area contributed by atoms with Gasteiger partial charge < -0.3 is 10.2 Å². The van der Waals surface area contributed by atoms with Crippen LogP contribution in [0.15, 0.2) is 18.2 Å². The van der Waals surface area contributed by atoms with Crippen LogP contribution in [0, 0.1) is 6.92 Å². The maximum atomic E-state index is 11.7. The molecule has 1 saturated heterocycles. The Balaban J connectivity index is 2.27. The van der Waals surface area contributed by atoms with Crippen LogP contribution in [0.2, 0.25) is 0 Å². The van der Waals surface area contributed by atoms with Gasteiger partial charge in [-0.3, -0.25) is 0 Å². The van der Waals surface area contributed by atoms with E-state index in [-0.39, 0.29) is 17.5 Å². The number of benzene rings is 1. The Kier molecular flexibility index (Phi) is 4.70. The highest BCUT2D eigenvalue weighted by molar-refractivity contribution is 7.91. The lowest BCUT2D eigenvalue weighted by atomic mass is 10.1. The van der Waals surface area contributed by atoms with Crippen molar-refractivity contribution in [1.82, 2.24) is 5.32 Å². The summed E-state index contributed by atoms with van der Waals surface area (Å²) in [4.78, 5) is 2.23. The smallest absolute Gasteiger partial charge is 0.154 e. The van der Waals surface area contributed by atoms with Crippen molar-refractivity contribution in [2.45, 2.75) is 33.4 Å². The summed E-state index contributed by atoms with van der Waals surface area (Å²) in [6, 6.07) is 6.45. The van der Waals surface area contributed by atoms with Gasteiger partial charge in [-0.25, -0.2) is 8.42 Å². The Morgan fingerprint density at radius 3 is 2.80 bits per heavy atom. The minimum Gasteiger partial charge on any atom is -0.367 e. The Morgan fingerprint density at radius 2 is 2.15 bits per heavy atom. The van der Waals surface area contributed by atoms with E-state index in [0.717, 1.165) is 13.1 Å². The number of hydrogen-bond acceptors (Lipinski definition) is 4. The Bertz CT molecular complexity index is 569. The van der Waals surface area contributed by atoms with Gasteiger partial charge >= 0.3 is 0 Å².